The van der Waals surface area contributed by atoms with Gasteiger partial charge in [-0.05, 0) is 79.5 Å². The van der Waals surface area contributed by atoms with E-state index in [1.54, 1.807) is 6.07 Å². The molecule has 0 fully saturated rings. The fourth-order valence-electron chi connectivity index (χ4n) is 5.94. The van der Waals surface area contributed by atoms with Crippen LogP contribution in [0.25, 0.3) is 0 Å². The molecule has 0 spiro atoms. The van der Waals surface area contributed by atoms with Gasteiger partial charge in [-0.15, -0.1) is 0 Å². The Kier molecular flexibility index (Phi) is 15.3. The van der Waals surface area contributed by atoms with Gasteiger partial charge in [-0.3, -0.25) is 0 Å². The molecule has 0 saturated heterocycles. The van der Waals surface area contributed by atoms with Gasteiger partial charge in [0.25, 0.3) is 0 Å². The Morgan fingerprint density at radius 1 is 0.396 bits per heavy atom. The zero-order valence-electron chi connectivity index (χ0n) is 27.5. The van der Waals surface area contributed by atoms with Crippen molar-refractivity contribution in [2.24, 2.45) is 5.41 Å². The van der Waals surface area contributed by atoms with Gasteiger partial charge in [-0.1, -0.05) is 189 Å². The van der Waals surface area contributed by atoms with E-state index in [9.17, 15) is 0 Å². The number of hydrogen-bond acceptors (Lipinski definition) is 1. The third-order valence-electron chi connectivity index (χ3n) is 8.03. The van der Waals surface area contributed by atoms with Crippen LogP contribution in [0.2, 0.25) is 0 Å². The van der Waals surface area contributed by atoms with Crippen LogP contribution < -0.4 is 31.8 Å². The Morgan fingerprint density at radius 2 is 0.542 bits per heavy atom. The minimum Gasteiger partial charge on any atom is -0.199 e. The van der Waals surface area contributed by atoms with Crippen molar-refractivity contribution in [3.05, 3.63) is 182 Å². The van der Waals surface area contributed by atoms with Gasteiger partial charge in [0.2, 0.25) is 0 Å². The molecule has 0 aliphatic rings. The van der Waals surface area contributed by atoms with Gasteiger partial charge in [-0.25, -0.2) is 0 Å². The third-order valence-corrected chi connectivity index (χ3v) is 16.8. The fourth-order valence-corrected chi connectivity index (χ4v) is 14.6. The third kappa shape index (κ3) is 10.6. The molecule has 6 aromatic carbocycles. The summed E-state index contributed by atoms with van der Waals surface area (Å²) in [5.41, 5.74) is 0.0756. The molecule has 245 valence electrons. The topological polar surface area (TPSA) is 23.8 Å². The van der Waals surface area contributed by atoms with Crippen LogP contribution in [-0.4, -0.2) is 18.5 Å². The van der Waals surface area contributed by atoms with Crippen LogP contribution in [0.15, 0.2) is 182 Å². The van der Waals surface area contributed by atoms with Crippen LogP contribution in [-0.2, 0) is 17.1 Å². The molecule has 6 aromatic rings. The van der Waals surface area contributed by atoms with E-state index in [1.807, 2.05) is 0 Å². The van der Waals surface area contributed by atoms with Crippen LogP contribution in [0.1, 0.15) is 13.8 Å². The predicted molar refractivity (Wildman–Crippen MR) is 211 cm³/mol. The summed E-state index contributed by atoms with van der Waals surface area (Å²) in [5.74, 6) is 0. The standard InChI is InChI=1S/C41H39P3.C2H3N.Cu/c1-41(32-42(35-20-8-2-9-21-35)36-22-10-3-11-23-36,33-43(37-24-12-4-13-25-37)38-26-14-5-15-27-38)34-44(39-28-16-6-17-29-39)40-30-18-7-19-31-40;1-2-3;/h2-31H,32-34H2,1H3;1H3;. The van der Waals surface area contributed by atoms with Gasteiger partial charge in [0.05, 0.1) is 6.07 Å². The molecule has 0 aliphatic carbocycles. The predicted octanol–water partition coefficient (Wildman–Crippen LogP) is 8.92. The smallest absolute Gasteiger partial charge is 0.0587 e. The molecule has 48 heavy (non-hydrogen) atoms. The first-order chi connectivity index (χ1) is 23.1. The normalized spacial score (nSPS) is 10.9. The van der Waals surface area contributed by atoms with Crippen LogP contribution in [0.4, 0.5) is 0 Å². The maximum atomic E-state index is 7.32. The zero-order valence-corrected chi connectivity index (χ0v) is 31.2. The molecule has 0 unspecified atom stereocenters. The molecule has 0 bridgehead atoms. The number of hydrogen-bond donors (Lipinski definition) is 0. The molecular formula is C43H42CuNP3. The zero-order chi connectivity index (χ0) is 32.7. The van der Waals surface area contributed by atoms with E-state index in [0.717, 1.165) is 18.5 Å². The first-order valence-electron chi connectivity index (χ1n) is 16.0. The molecule has 1 nitrogen and oxygen atoms in total. The summed E-state index contributed by atoms with van der Waals surface area (Å²) >= 11 is 0. The average molecular weight is 729 g/mol. The van der Waals surface area contributed by atoms with E-state index in [-0.39, 0.29) is 22.5 Å². The largest absolute Gasteiger partial charge is 0.199 e. The Hall–Kier alpha value is -3.38. The van der Waals surface area contributed by atoms with Crippen molar-refractivity contribution in [3.8, 4) is 6.07 Å². The molecule has 6 rings (SSSR count). The molecular weight excluding hydrogens is 687 g/mol. The maximum absolute atomic E-state index is 7.32. The summed E-state index contributed by atoms with van der Waals surface area (Å²) in [4.78, 5) is 0. The second-order valence-electron chi connectivity index (χ2n) is 11.8. The molecule has 0 amide bonds. The Labute approximate surface area is 302 Å². The Morgan fingerprint density at radius 3 is 0.688 bits per heavy atom. The monoisotopic (exact) mass is 728 g/mol. The maximum Gasteiger partial charge on any atom is 0.0587 e. The van der Waals surface area contributed by atoms with Crippen LogP contribution in [0.3, 0.4) is 0 Å². The minimum atomic E-state index is -0.555. The van der Waals surface area contributed by atoms with Crippen molar-refractivity contribution < 1.29 is 17.1 Å². The van der Waals surface area contributed by atoms with Gasteiger partial charge in [0.1, 0.15) is 0 Å². The van der Waals surface area contributed by atoms with Crippen LogP contribution >= 0.6 is 23.8 Å². The van der Waals surface area contributed by atoms with Gasteiger partial charge >= 0.3 is 0 Å². The summed E-state index contributed by atoms with van der Waals surface area (Å²) in [6, 6.07) is 69.5. The minimum absolute atomic E-state index is 0. The van der Waals surface area contributed by atoms with Crippen LogP contribution in [0.5, 0.6) is 0 Å². The molecule has 0 aliphatic heterocycles. The van der Waals surface area contributed by atoms with Crippen molar-refractivity contribution >= 4 is 55.6 Å². The van der Waals surface area contributed by atoms with Gasteiger partial charge < -0.3 is 0 Å². The first kappa shape index (κ1) is 37.4. The van der Waals surface area contributed by atoms with E-state index < -0.39 is 23.8 Å². The molecule has 0 heterocycles. The van der Waals surface area contributed by atoms with Gasteiger partial charge in [0.15, 0.2) is 0 Å². The van der Waals surface area contributed by atoms with E-state index in [4.69, 9.17) is 5.26 Å². The average Bonchev–Trinajstić information content (AvgIpc) is 3.15. The first-order valence-corrected chi connectivity index (χ1v) is 20.6. The summed E-state index contributed by atoms with van der Waals surface area (Å²) in [6.07, 6.45) is 3.44. The quantitative estimate of drug-likeness (QED) is 0.0913. The molecule has 0 aromatic heterocycles. The van der Waals surface area contributed by atoms with Crippen molar-refractivity contribution in [1.82, 2.24) is 0 Å². The second-order valence-corrected chi connectivity index (χ2v) is 18.4. The molecule has 0 N–H and O–H groups in total. The molecule has 0 atom stereocenters. The number of nitrogens with zero attached hydrogens (tertiary/aromatic N) is 1. The van der Waals surface area contributed by atoms with Crippen molar-refractivity contribution in [2.75, 3.05) is 18.5 Å². The van der Waals surface area contributed by atoms with Crippen molar-refractivity contribution in [3.63, 3.8) is 0 Å². The van der Waals surface area contributed by atoms with Gasteiger partial charge in [-0.2, -0.15) is 5.26 Å². The summed E-state index contributed by atoms with van der Waals surface area (Å²) < 4.78 is 0. The van der Waals surface area contributed by atoms with Crippen molar-refractivity contribution in [2.45, 2.75) is 13.8 Å². The summed E-state index contributed by atoms with van der Waals surface area (Å²) in [7, 11) is -1.66. The SMILES string of the molecule is CC#N.CC(CP(c1ccccc1)c1ccccc1)(CP(c1ccccc1)c1ccccc1)CP(c1ccccc1)c1ccccc1.[Cu]. The van der Waals surface area contributed by atoms with E-state index in [1.165, 1.54) is 38.8 Å². The molecule has 5 heteroatoms. The van der Waals surface area contributed by atoms with E-state index in [2.05, 4.69) is 189 Å². The van der Waals surface area contributed by atoms with E-state index >= 15 is 0 Å². The molecule has 0 saturated carbocycles. The van der Waals surface area contributed by atoms with E-state index in [0.29, 0.717) is 0 Å². The molecule has 1 radical (unpaired) electrons. The van der Waals surface area contributed by atoms with Gasteiger partial charge in [0, 0.05) is 24.0 Å². The van der Waals surface area contributed by atoms with Crippen molar-refractivity contribution in [1.29, 1.82) is 5.26 Å². The fraction of sp³-hybridized carbons (Fsp3) is 0.140. The van der Waals surface area contributed by atoms with Crippen LogP contribution in [0, 0.1) is 16.7 Å². The Balaban J connectivity index is 0.00000125. The number of nitriles is 1. The number of benzene rings is 6. The number of rotatable bonds is 12. The second kappa shape index (κ2) is 19.6. The Bertz CT molecular complexity index is 1460. The summed E-state index contributed by atoms with van der Waals surface area (Å²) in [5, 5.41) is 16.1. The summed E-state index contributed by atoms with van der Waals surface area (Å²) in [6.45, 7) is 4.04.